The molecule has 0 aromatic heterocycles. The molecular weight excluding hydrogens is 250 g/mol. The summed E-state index contributed by atoms with van der Waals surface area (Å²) >= 11 is 0. The summed E-state index contributed by atoms with van der Waals surface area (Å²) in [4.78, 5) is 11.0. The molecule has 0 atom stereocenters. The number of hydrogen-bond donors (Lipinski definition) is 2. The van der Waals surface area contributed by atoms with Crippen molar-refractivity contribution in [3.8, 4) is 0 Å². The van der Waals surface area contributed by atoms with E-state index in [0.717, 1.165) is 5.56 Å². The van der Waals surface area contributed by atoms with Crippen molar-refractivity contribution in [2.24, 2.45) is 0 Å². The van der Waals surface area contributed by atoms with Gasteiger partial charge in [-0.2, -0.15) is 0 Å². The lowest BCUT2D eigenvalue weighted by Crippen LogP contribution is -2.30. The summed E-state index contributed by atoms with van der Waals surface area (Å²) in [6.45, 7) is 0.660. The Morgan fingerprint density at radius 3 is 2.56 bits per heavy atom. The number of hydrogen-bond acceptors (Lipinski definition) is 2. The number of halogens is 1. The third-order valence-corrected chi connectivity index (χ3v) is 3.43. The maximum absolute atomic E-state index is 11.0. The molecule has 0 aliphatic heterocycles. The van der Waals surface area contributed by atoms with Crippen LogP contribution in [0, 0.1) is 0 Å². The first kappa shape index (κ1) is 15.0. The highest BCUT2D eigenvalue weighted by Crippen LogP contribution is 2.18. The van der Waals surface area contributed by atoms with Gasteiger partial charge in [0.15, 0.2) is 0 Å². The van der Waals surface area contributed by atoms with Crippen molar-refractivity contribution in [1.82, 2.24) is 5.32 Å². The molecule has 1 aliphatic carbocycles. The van der Waals surface area contributed by atoms with E-state index in [1.54, 1.807) is 12.1 Å². The molecule has 2 rings (SSSR count). The van der Waals surface area contributed by atoms with Crippen molar-refractivity contribution >= 4 is 18.4 Å². The Morgan fingerprint density at radius 2 is 1.89 bits per heavy atom. The van der Waals surface area contributed by atoms with Gasteiger partial charge in [0.2, 0.25) is 0 Å². The normalized spacial score (nSPS) is 16.0. The van der Waals surface area contributed by atoms with Crippen LogP contribution in [-0.4, -0.2) is 17.1 Å². The fraction of sp³-hybridized carbons (Fsp3) is 0.500. The van der Waals surface area contributed by atoms with Gasteiger partial charge in [-0.25, -0.2) is 4.79 Å². The quantitative estimate of drug-likeness (QED) is 0.882. The zero-order valence-electron chi connectivity index (χ0n) is 10.4. The highest BCUT2D eigenvalue weighted by Gasteiger charge is 2.14. The molecule has 0 heterocycles. The van der Waals surface area contributed by atoms with Gasteiger partial charge in [-0.1, -0.05) is 37.5 Å². The van der Waals surface area contributed by atoms with Crippen molar-refractivity contribution in [3.05, 3.63) is 35.4 Å². The van der Waals surface area contributed by atoms with Gasteiger partial charge in [-0.05, 0) is 24.5 Å². The number of nitrogens with one attached hydrogen (secondary N) is 1. The highest BCUT2D eigenvalue weighted by atomic mass is 35.5. The smallest absolute Gasteiger partial charge is 0.336 e. The molecule has 1 fully saturated rings. The van der Waals surface area contributed by atoms with E-state index in [1.165, 1.54) is 32.1 Å². The molecule has 3 nitrogen and oxygen atoms in total. The highest BCUT2D eigenvalue weighted by molar-refractivity contribution is 5.89. The number of rotatable bonds is 4. The van der Waals surface area contributed by atoms with Gasteiger partial charge >= 0.3 is 5.97 Å². The molecule has 0 spiro atoms. The molecule has 0 saturated heterocycles. The predicted octanol–water partition coefficient (Wildman–Crippen LogP) is 3.23. The van der Waals surface area contributed by atoms with Gasteiger partial charge < -0.3 is 10.4 Å². The summed E-state index contributed by atoms with van der Waals surface area (Å²) in [6.07, 6.45) is 6.35. The van der Waals surface area contributed by atoms with Crippen LogP contribution in [0.5, 0.6) is 0 Å². The number of carbonyl (C=O) groups is 1. The maximum atomic E-state index is 11.0. The van der Waals surface area contributed by atoms with Crippen LogP contribution in [-0.2, 0) is 6.54 Å². The van der Waals surface area contributed by atoms with E-state index >= 15 is 0 Å². The first-order valence-corrected chi connectivity index (χ1v) is 6.32. The molecular formula is C14H20ClNO2. The second kappa shape index (κ2) is 7.39. The second-order valence-corrected chi connectivity index (χ2v) is 4.68. The Labute approximate surface area is 114 Å². The summed E-state index contributed by atoms with van der Waals surface area (Å²) in [5.74, 6) is -0.842. The lowest BCUT2D eigenvalue weighted by molar-refractivity contribution is 0.0695. The summed E-state index contributed by atoms with van der Waals surface area (Å²) in [7, 11) is 0. The minimum atomic E-state index is -0.842. The largest absolute Gasteiger partial charge is 0.478 e. The number of aromatic carboxylic acids is 1. The van der Waals surface area contributed by atoms with Gasteiger partial charge in [-0.3, -0.25) is 0 Å². The van der Waals surface area contributed by atoms with Crippen LogP contribution in [0.3, 0.4) is 0 Å². The first-order valence-electron chi connectivity index (χ1n) is 6.32. The van der Waals surface area contributed by atoms with Crippen molar-refractivity contribution in [2.75, 3.05) is 0 Å². The van der Waals surface area contributed by atoms with Crippen LogP contribution in [0.1, 0.15) is 48.0 Å². The molecule has 1 aromatic carbocycles. The van der Waals surface area contributed by atoms with Crippen LogP contribution in [0.25, 0.3) is 0 Å². The summed E-state index contributed by atoms with van der Waals surface area (Å²) < 4.78 is 0. The fourth-order valence-corrected chi connectivity index (χ4v) is 2.44. The Hall–Kier alpha value is -1.06. The molecule has 0 radical (unpaired) electrons. The molecule has 100 valence electrons. The van der Waals surface area contributed by atoms with Crippen molar-refractivity contribution in [2.45, 2.75) is 44.7 Å². The zero-order valence-corrected chi connectivity index (χ0v) is 11.2. The Balaban J connectivity index is 0.00000162. The minimum absolute atomic E-state index is 0. The lowest BCUT2D eigenvalue weighted by Gasteiger charge is -2.23. The summed E-state index contributed by atoms with van der Waals surface area (Å²) in [5.41, 5.74) is 1.29. The van der Waals surface area contributed by atoms with Gasteiger partial charge in [0.05, 0.1) is 5.56 Å². The van der Waals surface area contributed by atoms with E-state index in [4.69, 9.17) is 5.11 Å². The molecule has 1 saturated carbocycles. The average Bonchev–Trinajstić information content (AvgIpc) is 2.38. The molecule has 1 aliphatic rings. The van der Waals surface area contributed by atoms with E-state index in [1.807, 2.05) is 12.1 Å². The Kier molecular flexibility index (Phi) is 6.16. The van der Waals surface area contributed by atoms with E-state index in [9.17, 15) is 4.79 Å². The maximum Gasteiger partial charge on any atom is 0.336 e. The van der Waals surface area contributed by atoms with Gasteiger partial charge in [0.1, 0.15) is 0 Å². The molecule has 0 amide bonds. The van der Waals surface area contributed by atoms with Crippen LogP contribution < -0.4 is 5.32 Å². The predicted molar refractivity (Wildman–Crippen MR) is 74.4 cm³/mol. The standard InChI is InChI=1S/C14H19NO2.ClH/c16-14(17)13-9-5-4-6-11(13)10-15-12-7-2-1-3-8-12;/h4-6,9,12,15H,1-3,7-8,10H2,(H,16,17);1H. The minimum Gasteiger partial charge on any atom is -0.478 e. The van der Waals surface area contributed by atoms with Crippen LogP contribution >= 0.6 is 12.4 Å². The molecule has 0 unspecified atom stereocenters. The molecule has 1 aromatic rings. The number of carboxylic acid groups (broad SMARTS) is 1. The number of benzene rings is 1. The first-order chi connectivity index (χ1) is 8.27. The van der Waals surface area contributed by atoms with Gasteiger partial charge in [0, 0.05) is 12.6 Å². The van der Waals surface area contributed by atoms with E-state index in [2.05, 4.69) is 5.32 Å². The average molecular weight is 270 g/mol. The Bertz CT molecular complexity index is 389. The van der Waals surface area contributed by atoms with Crippen molar-refractivity contribution in [1.29, 1.82) is 0 Å². The van der Waals surface area contributed by atoms with E-state index in [0.29, 0.717) is 18.2 Å². The molecule has 0 bridgehead atoms. The number of carboxylic acids is 1. The van der Waals surface area contributed by atoms with Crippen molar-refractivity contribution in [3.63, 3.8) is 0 Å². The topological polar surface area (TPSA) is 49.3 Å². The SMILES string of the molecule is Cl.O=C(O)c1ccccc1CNC1CCCCC1. The molecule has 4 heteroatoms. The fourth-order valence-electron chi connectivity index (χ4n) is 2.44. The molecule has 18 heavy (non-hydrogen) atoms. The Morgan fingerprint density at radius 1 is 1.22 bits per heavy atom. The van der Waals surface area contributed by atoms with Crippen molar-refractivity contribution < 1.29 is 9.90 Å². The monoisotopic (exact) mass is 269 g/mol. The third kappa shape index (κ3) is 4.00. The van der Waals surface area contributed by atoms with E-state index in [-0.39, 0.29) is 12.4 Å². The van der Waals surface area contributed by atoms with Crippen LogP contribution in [0.4, 0.5) is 0 Å². The lowest BCUT2D eigenvalue weighted by atomic mass is 9.95. The molecule has 2 N–H and O–H groups in total. The van der Waals surface area contributed by atoms with Crippen LogP contribution in [0.2, 0.25) is 0 Å². The van der Waals surface area contributed by atoms with Crippen LogP contribution in [0.15, 0.2) is 24.3 Å². The second-order valence-electron chi connectivity index (χ2n) is 4.68. The van der Waals surface area contributed by atoms with E-state index < -0.39 is 5.97 Å². The summed E-state index contributed by atoms with van der Waals surface area (Å²) in [5, 5.41) is 12.5. The van der Waals surface area contributed by atoms with Gasteiger partial charge in [-0.15, -0.1) is 12.4 Å². The van der Waals surface area contributed by atoms with Gasteiger partial charge in [0.25, 0.3) is 0 Å². The third-order valence-electron chi connectivity index (χ3n) is 3.43. The zero-order chi connectivity index (χ0) is 12.1. The summed E-state index contributed by atoms with van der Waals surface area (Å²) in [6, 6.07) is 7.78.